The van der Waals surface area contributed by atoms with Gasteiger partial charge in [-0.1, -0.05) is 36.4 Å². The topological polar surface area (TPSA) is 49.6 Å². The van der Waals surface area contributed by atoms with Crippen molar-refractivity contribution >= 4 is 17.3 Å². The molecule has 0 atom stereocenters. The summed E-state index contributed by atoms with van der Waals surface area (Å²) in [4.78, 5) is 16.8. The van der Waals surface area contributed by atoms with Crippen molar-refractivity contribution in [1.82, 2.24) is 4.90 Å². The summed E-state index contributed by atoms with van der Waals surface area (Å²) < 4.78 is 0. The Hall–Kier alpha value is -2.49. The van der Waals surface area contributed by atoms with E-state index in [-0.39, 0.29) is 5.91 Å². The lowest BCUT2D eigenvalue weighted by Gasteiger charge is -2.21. The number of amides is 1. The number of para-hydroxylation sites is 2. The molecule has 2 aromatic rings. The zero-order valence-corrected chi connectivity index (χ0v) is 13.5. The van der Waals surface area contributed by atoms with Crippen LogP contribution in [0, 0.1) is 0 Å². The molecule has 0 saturated heterocycles. The highest BCUT2D eigenvalue weighted by molar-refractivity contribution is 5.77. The first-order chi connectivity index (χ1) is 11.1. The molecule has 1 heterocycles. The Morgan fingerprint density at radius 3 is 2.65 bits per heavy atom. The molecule has 0 spiro atoms. The summed E-state index contributed by atoms with van der Waals surface area (Å²) in [6, 6.07) is 16.1. The van der Waals surface area contributed by atoms with Gasteiger partial charge in [-0.05, 0) is 29.7 Å². The van der Waals surface area contributed by atoms with Gasteiger partial charge >= 0.3 is 0 Å². The second-order valence-corrected chi connectivity index (χ2v) is 6.06. The van der Waals surface area contributed by atoms with Crippen molar-refractivity contribution in [2.75, 3.05) is 30.8 Å². The lowest BCUT2D eigenvalue weighted by molar-refractivity contribution is -0.131. The molecule has 0 saturated carbocycles. The van der Waals surface area contributed by atoms with Gasteiger partial charge in [0, 0.05) is 44.5 Å². The predicted molar refractivity (Wildman–Crippen MR) is 94.3 cm³/mol. The first kappa shape index (κ1) is 15.4. The molecule has 0 fully saturated rings. The number of rotatable bonds is 3. The maximum absolute atomic E-state index is 12.6. The van der Waals surface area contributed by atoms with Crippen LogP contribution in [0.1, 0.15) is 17.5 Å². The number of anilines is 2. The molecule has 120 valence electrons. The van der Waals surface area contributed by atoms with Gasteiger partial charge in [-0.15, -0.1) is 0 Å². The molecule has 2 N–H and O–H groups in total. The van der Waals surface area contributed by atoms with E-state index in [4.69, 9.17) is 5.73 Å². The zero-order valence-electron chi connectivity index (χ0n) is 13.5. The van der Waals surface area contributed by atoms with Crippen LogP contribution in [0.15, 0.2) is 48.5 Å². The minimum atomic E-state index is 0.193. The highest BCUT2D eigenvalue weighted by Gasteiger charge is 2.20. The average molecular weight is 309 g/mol. The van der Waals surface area contributed by atoms with E-state index >= 15 is 0 Å². The third kappa shape index (κ3) is 3.47. The van der Waals surface area contributed by atoms with Crippen molar-refractivity contribution < 1.29 is 4.79 Å². The Kier molecular flexibility index (Phi) is 4.51. The van der Waals surface area contributed by atoms with Crippen LogP contribution in [0.2, 0.25) is 0 Å². The van der Waals surface area contributed by atoms with Crippen molar-refractivity contribution in [3.63, 3.8) is 0 Å². The molecular formula is C19H23N3O. The van der Waals surface area contributed by atoms with Gasteiger partial charge in [0.1, 0.15) is 0 Å². The van der Waals surface area contributed by atoms with Crippen LogP contribution in [0.3, 0.4) is 0 Å². The Morgan fingerprint density at radius 2 is 1.83 bits per heavy atom. The number of hydrogen-bond acceptors (Lipinski definition) is 3. The van der Waals surface area contributed by atoms with Crippen molar-refractivity contribution in [3.05, 3.63) is 59.7 Å². The van der Waals surface area contributed by atoms with Crippen LogP contribution in [0.25, 0.3) is 0 Å². The van der Waals surface area contributed by atoms with Crippen LogP contribution in [-0.4, -0.2) is 30.9 Å². The minimum absolute atomic E-state index is 0.193. The van der Waals surface area contributed by atoms with E-state index in [1.165, 1.54) is 11.3 Å². The monoisotopic (exact) mass is 309 g/mol. The fourth-order valence-electron chi connectivity index (χ4n) is 3.07. The number of nitrogens with zero attached hydrogens (tertiary/aromatic N) is 2. The van der Waals surface area contributed by atoms with Crippen LogP contribution >= 0.6 is 0 Å². The van der Waals surface area contributed by atoms with Crippen LogP contribution in [0.5, 0.6) is 0 Å². The van der Waals surface area contributed by atoms with Gasteiger partial charge in [-0.3, -0.25) is 4.79 Å². The van der Waals surface area contributed by atoms with E-state index in [0.29, 0.717) is 19.4 Å². The average Bonchev–Trinajstić information content (AvgIpc) is 2.74. The van der Waals surface area contributed by atoms with Gasteiger partial charge in [0.25, 0.3) is 0 Å². The molecule has 0 bridgehead atoms. The highest BCUT2D eigenvalue weighted by Crippen LogP contribution is 2.24. The van der Waals surface area contributed by atoms with Gasteiger partial charge < -0.3 is 15.5 Å². The molecule has 0 radical (unpaired) electrons. The van der Waals surface area contributed by atoms with Crippen LogP contribution in [0.4, 0.5) is 11.4 Å². The number of likely N-dealkylation sites (N-methyl/N-ethyl adjacent to an activating group) is 1. The molecule has 4 heteroatoms. The normalized spacial score (nSPS) is 14.3. The van der Waals surface area contributed by atoms with E-state index in [2.05, 4.69) is 24.1 Å². The van der Waals surface area contributed by atoms with Crippen LogP contribution in [-0.2, 0) is 17.8 Å². The Balaban J connectivity index is 1.67. The Labute approximate surface area is 137 Å². The van der Waals surface area contributed by atoms with Gasteiger partial charge in [0.15, 0.2) is 0 Å². The van der Waals surface area contributed by atoms with Gasteiger partial charge in [-0.2, -0.15) is 0 Å². The first-order valence-corrected chi connectivity index (χ1v) is 8.05. The van der Waals surface area contributed by atoms with E-state index in [1.54, 1.807) is 0 Å². The molecule has 0 aromatic heterocycles. The van der Waals surface area contributed by atoms with Crippen LogP contribution < -0.4 is 10.6 Å². The Bertz CT molecular complexity index is 699. The molecule has 23 heavy (non-hydrogen) atoms. The summed E-state index contributed by atoms with van der Waals surface area (Å²) in [5.41, 5.74) is 10.2. The summed E-state index contributed by atoms with van der Waals surface area (Å²) in [5, 5.41) is 0. The third-order valence-corrected chi connectivity index (χ3v) is 4.49. The van der Waals surface area contributed by atoms with Gasteiger partial charge in [0.2, 0.25) is 5.91 Å². The molecule has 0 unspecified atom stereocenters. The fraction of sp³-hybridized carbons (Fsp3) is 0.316. The number of carbonyl (C=O) groups is 1. The smallest absolute Gasteiger partial charge is 0.223 e. The quantitative estimate of drug-likeness (QED) is 0.887. The maximum Gasteiger partial charge on any atom is 0.223 e. The number of fused-ring (bicyclic) bond motifs is 1. The third-order valence-electron chi connectivity index (χ3n) is 4.49. The molecule has 2 aromatic carbocycles. The molecule has 3 rings (SSSR count). The number of hydrogen-bond donors (Lipinski definition) is 1. The van der Waals surface area contributed by atoms with Gasteiger partial charge in [-0.25, -0.2) is 0 Å². The van der Waals surface area contributed by atoms with E-state index < -0.39 is 0 Å². The molecule has 1 aliphatic heterocycles. The lowest BCUT2D eigenvalue weighted by atomic mass is 10.1. The number of aryl methyl sites for hydroxylation is 1. The van der Waals surface area contributed by atoms with Crippen molar-refractivity contribution in [1.29, 1.82) is 0 Å². The maximum atomic E-state index is 12.6. The van der Waals surface area contributed by atoms with E-state index in [1.807, 2.05) is 41.3 Å². The summed E-state index contributed by atoms with van der Waals surface area (Å²) in [7, 11) is 2.08. The number of carbonyl (C=O) groups excluding carboxylic acids is 1. The Morgan fingerprint density at radius 1 is 1.09 bits per heavy atom. The molecule has 1 amide bonds. The number of nitrogens with two attached hydrogens (primary N) is 1. The van der Waals surface area contributed by atoms with Crippen molar-refractivity contribution in [2.45, 2.75) is 19.4 Å². The lowest BCUT2D eigenvalue weighted by Crippen LogP contribution is -2.34. The van der Waals surface area contributed by atoms with E-state index in [9.17, 15) is 4.79 Å². The fourth-order valence-corrected chi connectivity index (χ4v) is 3.07. The minimum Gasteiger partial charge on any atom is -0.399 e. The van der Waals surface area contributed by atoms with E-state index in [0.717, 1.165) is 24.3 Å². The first-order valence-electron chi connectivity index (χ1n) is 8.05. The van der Waals surface area contributed by atoms with Gasteiger partial charge in [0.05, 0.1) is 0 Å². The molecule has 0 aliphatic carbocycles. The van der Waals surface area contributed by atoms with Crippen molar-refractivity contribution in [3.8, 4) is 0 Å². The SMILES string of the molecule is CN1CCN(C(=O)CCc2ccccc2N)Cc2ccccc21. The largest absolute Gasteiger partial charge is 0.399 e. The standard InChI is InChI=1S/C19H23N3O/c1-21-12-13-22(14-16-7-3-5-9-18(16)21)19(23)11-10-15-6-2-4-8-17(15)20/h2-9H,10-14,20H2,1H3. The molecule has 4 nitrogen and oxygen atoms in total. The summed E-state index contributed by atoms with van der Waals surface area (Å²) in [6.07, 6.45) is 1.19. The molecule has 1 aliphatic rings. The summed E-state index contributed by atoms with van der Waals surface area (Å²) in [6.45, 7) is 2.30. The number of nitrogen functional groups attached to an aromatic ring is 1. The summed E-state index contributed by atoms with van der Waals surface area (Å²) >= 11 is 0. The predicted octanol–water partition coefficient (Wildman–Crippen LogP) is 2.68. The highest BCUT2D eigenvalue weighted by atomic mass is 16.2. The van der Waals surface area contributed by atoms with Crippen molar-refractivity contribution in [2.24, 2.45) is 0 Å². The summed E-state index contributed by atoms with van der Waals surface area (Å²) in [5.74, 6) is 0.193. The number of benzene rings is 2. The zero-order chi connectivity index (χ0) is 16.2. The second-order valence-electron chi connectivity index (χ2n) is 6.06. The molecular weight excluding hydrogens is 286 g/mol. The second kappa shape index (κ2) is 6.73.